The lowest BCUT2D eigenvalue weighted by Gasteiger charge is -2.12. The summed E-state index contributed by atoms with van der Waals surface area (Å²) in [7, 11) is 1.50. The third kappa shape index (κ3) is 3.11. The Kier molecular flexibility index (Phi) is 4.39. The molecule has 1 aromatic rings. The summed E-state index contributed by atoms with van der Waals surface area (Å²) in [4.78, 5) is 0. The molecule has 0 aliphatic heterocycles. The van der Waals surface area contributed by atoms with Crippen LogP contribution in [0, 0.1) is 0 Å². The molecule has 4 N–H and O–H groups in total. The maximum Gasteiger partial charge on any atom is 0.160 e. The molecule has 15 heavy (non-hydrogen) atoms. The molecule has 1 rings (SSSR count). The normalized spacial score (nSPS) is 12.5. The van der Waals surface area contributed by atoms with E-state index >= 15 is 0 Å². The van der Waals surface area contributed by atoms with Crippen molar-refractivity contribution in [2.45, 2.75) is 18.9 Å². The van der Waals surface area contributed by atoms with Crippen molar-refractivity contribution < 1.29 is 14.9 Å². The molecule has 1 aromatic carbocycles. The minimum absolute atomic E-state index is 0.0921. The number of hydrogen-bond acceptors (Lipinski definition) is 4. The second-order valence-electron chi connectivity index (χ2n) is 3.40. The fourth-order valence-electron chi connectivity index (χ4n) is 1.42. The van der Waals surface area contributed by atoms with Crippen LogP contribution in [0.4, 0.5) is 0 Å². The van der Waals surface area contributed by atoms with Crippen molar-refractivity contribution in [1.29, 1.82) is 0 Å². The van der Waals surface area contributed by atoms with Gasteiger partial charge in [-0.1, -0.05) is 6.07 Å². The van der Waals surface area contributed by atoms with Crippen LogP contribution in [-0.2, 0) is 0 Å². The van der Waals surface area contributed by atoms with Crippen LogP contribution in [0.5, 0.6) is 11.5 Å². The number of nitrogens with two attached hydrogens (primary N) is 1. The lowest BCUT2D eigenvalue weighted by molar-refractivity contribution is 0.280. The SMILES string of the molecule is COc1ccc([C@@H](N)CCCO)cc1O. The summed E-state index contributed by atoms with van der Waals surface area (Å²) in [5, 5.41) is 18.2. The Morgan fingerprint density at radius 1 is 1.47 bits per heavy atom. The molecule has 0 spiro atoms. The summed E-state index contributed by atoms with van der Waals surface area (Å²) in [6.45, 7) is 0.135. The van der Waals surface area contributed by atoms with E-state index in [-0.39, 0.29) is 18.4 Å². The van der Waals surface area contributed by atoms with Crippen LogP contribution in [0.15, 0.2) is 18.2 Å². The maximum absolute atomic E-state index is 9.54. The predicted octanol–water partition coefficient (Wildman–Crippen LogP) is 1.17. The summed E-state index contributed by atoms with van der Waals surface area (Å²) >= 11 is 0. The number of aliphatic hydroxyl groups excluding tert-OH is 1. The molecule has 0 bridgehead atoms. The first-order valence-electron chi connectivity index (χ1n) is 4.92. The van der Waals surface area contributed by atoms with E-state index in [0.717, 1.165) is 5.56 Å². The summed E-state index contributed by atoms with van der Waals surface area (Å²) in [6, 6.07) is 4.94. The number of rotatable bonds is 5. The van der Waals surface area contributed by atoms with Gasteiger partial charge in [0.2, 0.25) is 0 Å². The molecule has 0 saturated heterocycles. The molecule has 0 amide bonds. The molecule has 0 saturated carbocycles. The highest BCUT2D eigenvalue weighted by atomic mass is 16.5. The van der Waals surface area contributed by atoms with Crippen molar-refractivity contribution in [3.63, 3.8) is 0 Å². The zero-order valence-electron chi connectivity index (χ0n) is 8.81. The summed E-state index contributed by atoms with van der Waals surface area (Å²) in [5.41, 5.74) is 6.73. The van der Waals surface area contributed by atoms with Gasteiger partial charge in [-0.3, -0.25) is 0 Å². The van der Waals surface area contributed by atoms with Crippen molar-refractivity contribution in [3.8, 4) is 11.5 Å². The molecule has 0 fully saturated rings. The fraction of sp³-hybridized carbons (Fsp3) is 0.455. The standard InChI is InChI=1S/C11H17NO3/c1-15-11-5-4-8(7-10(11)14)9(12)3-2-6-13/h4-5,7,9,13-14H,2-3,6,12H2,1H3/t9-/m0/s1. The quantitative estimate of drug-likeness (QED) is 0.683. The lowest BCUT2D eigenvalue weighted by atomic mass is 10.0. The van der Waals surface area contributed by atoms with Gasteiger partial charge in [0, 0.05) is 12.6 Å². The molecule has 1 atom stereocenters. The van der Waals surface area contributed by atoms with Gasteiger partial charge >= 0.3 is 0 Å². The maximum atomic E-state index is 9.54. The van der Waals surface area contributed by atoms with E-state index in [4.69, 9.17) is 15.6 Å². The minimum atomic E-state index is -0.158. The first-order valence-corrected chi connectivity index (χ1v) is 4.92. The van der Waals surface area contributed by atoms with E-state index in [1.807, 2.05) is 6.07 Å². The van der Waals surface area contributed by atoms with Gasteiger partial charge in [-0.25, -0.2) is 0 Å². The highest BCUT2D eigenvalue weighted by molar-refractivity contribution is 5.42. The smallest absolute Gasteiger partial charge is 0.160 e. The van der Waals surface area contributed by atoms with E-state index < -0.39 is 0 Å². The summed E-state index contributed by atoms with van der Waals surface area (Å²) in [6.07, 6.45) is 1.36. The fourth-order valence-corrected chi connectivity index (χ4v) is 1.42. The second-order valence-corrected chi connectivity index (χ2v) is 3.40. The number of benzene rings is 1. The molecule has 0 aliphatic rings. The highest BCUT2D eigenvalue weighted by Crippen LogP contribution is 2.29. The predicted molar refractivity (Wildman–Crippen MR) is 57.9 cm³/mol. The van der Waals surface area contributed by atoms with Crippen LogP contribution in [0.1, 0.15) is 24.4 Å². The van der Waals surface area contributed by atoms with Crippen LogP contribution in [0.3, 0.4) is 0 Å². The molecule has 0 heterocycles. The average molecular weight is 211 g/mol. The van der Waals surface area contributed by atoms with Gasteiger partial charge in [0.05, 0.1) is 7.11 Å². The van der Waals surface area contributed by atoms with Crippen LogP contribution in [0.25, 0.3) is 0 Å². The van der Waals surface area contributed by atoms with Crippen LogP contribution in [-0.4, -0.2) is 23.9 Å². The Morgan fingerprint density at radius 3 is 2.73 bits per heavy atom. The number of methoxy groups -OCH3 is 1. The van der Waals surface area contributed by atoms with Crippen molar-refractivity contribution in [3.05, 3.63) is 23.8 Å². The first-order chi connectivity index (χ1) is 7.19. The number of ether oxygens (including phenoxy) is 1. The van der Waals surface area contributed by atoms with Gasteiger partial charge < -0.3 is 20.7 Å². The van der Waals surface area contributed by atoms with E-state index in [1.165, 1.54) is 7.11 Å². The molecular formula is C11H17NO3. The number of aromatic hydroxyl groups is 1. The molecule has 0 unspecified atom stereocenters. The topological polar surface area (TPSA) is 75.7 Å². The Balaban J connectivity index is 2.73. The molecule has 0 aliphatic carbocycles. The van der Waals surface area contributed by atoms with E-state index in [0.29, 0.717) is 18.6 Å². The van der Waals surface area contributed by atoms with Gasteiger partial charge in [-0.2, -0.15) is 0 Å². The molecule has 0 aromatic heterocycles. The molecule has 84 valence electrons. The lowest BCUT2D eigenvalue weighted by Crippen LogP contribution is -2.10. The zero-order chi connectivity index (χ0) is 11.3. The van der Waals surface area contributed by atoms with Crippen LogP contribution < -0.4 is 10.5 Å². The largest absolute Gasteiger partial charge is 0.504 e. The van der Waals surface area contributed by atoms with Crippen molar-refractivity contribution in [1.82, 2.24) is 0 Å². The van der Waals surface area contributed by atoms with Gasteiger partial charge in [0.1, 0.15) is 0 Å². The highest BCUT2D eigenvalue weighted by Gasteiger charge is 2.08. The third-order valence-corrected chi connectivity index (χ3v) is 2.30. The zero-order valence-corrected chi connectivity index (χ0v) is 8.81. The van der Waals surface area contributed by atoms with Crippen LogP contribution >= 0.6 is 0 Å². The molecular weight excluding hydrogens is 194 g/mol. The molecule has 4 heteroatoms. The molecule has 0 radical (unpaired) electrons. The Hall–Kier alpha value is -1.26. The van der Waals surface area contributed by atoms with Crippen LogP contribution in [0.2, 0.25) is 0 Å². The van der Waals surface area contributed by atoms with Gasteiger partial charge in [0.25, 0.3) is 0 Å². The number of aliphatic hydroxyl groups is 1. The molecule has 4 nitrogen and oxygen atoms in total. The Bertz CT molecular complexity index is 315. The van der Waals surface area contributed by atoms with Gasteiger partial charge in [-0.15, -0.1) is 0 Å². The minimum Gasteiger partial charge on any atom is -0.504 e. The van der Waals surface area contributed by atoms with E-state index in [9.17, 15) is 5.11 Å². The number of phenolic OH excluding ortho intramolecular Hbond substituents is 1. The summed E-state index contributed by atoms with van der Waals surface area (Å²) in [5.74, 6) is 0.530. The third-order valence-electron chi connectivity index (χ3n) is 2.30. The summed E-state index contributed by atoms with van der Waals surface area (Å²) < 4.78 is 4.93. The van der Waals surface area contributed by atoms with Gasteiger partial charge in [-0.05, 0) is 30.5 Å². The number of phenols is 1. The number of hydrogen-bond donors (Lipinski definition) is 3. The van der Waals surface area contributed by atoms with Crippen molar-refractivity contribution >= 4 is 0 Å². The van der Waals surface area contributed by atoms with Gasteiger partial charge in [0.15, 0.2) is 11.5 Å². The van der Waals surface area contributed by atoms with E-state index in [2.05, 4.69) is 0 Å². The Labute approximate surface area is 89.3 Å². The first kappa shape index (κ1) is 11.8. The second kappa shape index (κ2) is 5.58. The van der Waals surface area contributed by atoms with Crippen molar-refractivity contribution in [2.75, 3.05) is 13.7 Å². The van der Waals surface area contributed by atoms with Crippen molar-refractivity contribution in [2.24, 2.45) is 5.73 Å². The Morgan fingerprint density at radius 2 is 2.20 bits per heavy atom. The van der Waals surface area contributed by atoms with E-state index in [1.54, 1.807) is 12.1 Å². The average Bonchev–Trinajstić information content (AvgIpc) is 2.25. The monoisotopic (exact) mass is 211 g/mol.